The van der Waals surface area contributed by atoms with Gasteiger partial charge in [-0.15, -0.1) is 11.8 Å². The van der Waals surface area contributed by atoms with Crippen LogP contribution in [0.1, 0.15) is 30.0 Å². The largest absolute Gasteiger partial charge is 0.326 e. The quantitative estimate of drug-likeness (QED) is 0.522. The van der Waals surface area contributed by atoms with Crippen molar-refractivity contribution >= 4 is 23.4 Å². The highest BCUT2D eigenvalue weighted by molar-refractivity contribution is 7.99. The predicted molar refractivity (Wildman–Crippen MR) is 119 cm³/mol. The van der Waals surface area contributed by atoms with Crippen LogP contribution in [-0.4, -0.2) is 16.6 Å². The Balaban J connectivity index is 1.66. The lowest BCUT2D eigenvalue weighted by atomic mass is 10.1. The number of nitrogens with one attached hydrogen (secondary N) is 1. The third kappa shape index (κ3) is 5.24. The van der Waals surface area contributed by atoms with Gasteiger partial charge in [0.15, 0.2) is 0 Å². The Morgan fingerprint density at radius 2 is 1.90 bits per heavy atom. The molecule has 5 heteroatoms. The van der Waals surface area contributed by atoms with Crippen LogP contribution in [0, 0.1) is 18.3 Å². The van der Waals surface area contributed by atoms with E-state index in [1.165, 1.54) is 11.8 Å². The van der Waals surface area contributed by atoms with E-state index in [1.54, 1.807) is 6.07 Å². The number of carbonyl (C=O) groups excluding carboxylic acids is 1. The molecule has 1 amide bonds. The van der Waals surface area contributed by atoms with Crippen LogP contribution in [-0.2, 0) is 11.2 Å². The Labute approximate surface area is 176 Å². The molecule has 0 saturated carbocycles. The Bertz CT molecular complexity index is 1040. The number of nitrogens with zero attached hydrogens (tertiary/aromatic N) is 2. The van der Waals surface area contributed by atoms with Gasteiger partial charge in [0, 0.05) is 23.4 Å². The van der Waals surface area contributed by atoms with Crippen LogP contribution in [0.15, 0.2) is 65.7 Å². The van der Waals surface area contributed by atoms with Gasteiger partial charge >= 0.3 is 0 Å². The van der Waals surface area contributed by atoms with E-state index in [0.29, 0.717) is 22.8 Å². The number of hydrogen-bond donors (Lipinski definition) is 1. The minimum atomic E-state index is -0.0285. The monoisotopic (exact) mass is 401 g/mol. The lowest BCUT2D eigenvalue weighted by molar-refractivity contribution is -0.115. The normalized spacial score (nSPS) is 10.4. The van der Waals surface area contributed by atoms with Gasteiger partial charge in [0.05, 0.1) is 11.3 Å². The van der Waals surface area contributed by atoms with Gasteiger partial charge in [-0.1, -0.05) is 55.5 Å². The molecule has 146 valence electrons. The molecule has 0 aliphatic rings. The molecule has 0 unspecified atom stereocenters. The smallest absolute Gasteiger partial charge is 0.225 e. The van der Waals surface area contributed by atoms with Crippen molar-refractivity contribution in [2.45, 2.75) is 31.7 Å². The third-order valence-corrected chi connectivity index (χ3v) is 5.62. The van der Waals surface area contributed by atoms with Crippen LogP contribution in [0.3, 0.4) is 0 Å². The molecule has 1 N–H and O–H groups in total. The number of rotatable bonds is 7. The first-order valence-corrected chi connectivity index (χ1v) is 10.6. The lowest BCUT2D eigenvalue weighted by Crippen LogP contribution is -2.14. The molecule has 1 heterocycles. The van der Waals surface area contributed by atoms with Crippen LogP contribution >= 0.6 is 11.8 Å². The minimum absolute atomic E-state index is 0.0285. The van der Waals surface area contributed by atoms with Crippen LogP contribution in [0.2, 0.25) is 0 Å². The fraction of sp³-hybridized carbons (Fsp3) is 0.208. The van der Waals surface area contributed by atoms with Gasteiger partial charge in [-0.05, 0) is 36.6 Å². The fourth-order valence-corrected chi connectivity index (χ4v) is 3.96. The van der Waals surface area contributed by atoms with Crippen molar-refractivity contribution in [2.24, 2.45) is 0 Å². The van der Waals surface area contributed by atoms with Gasteiger partial charge in [-0.2, -0.15) is 5.26 Å². The summed E-state index contributed by atoms with van der Waals surface area (Å²) in [5.41, 5.74) is 5.46. The standard InChI is InChI=1S/C24H23N3OS/c1-3-18-11-7-8-17(2)23(18)27-22(28)14-15-29-24-20(16-25)12-13-21(26-24)19-9-5-4-6-10-19/h4-13H,3,14-15H2,1-2H3,(H,27,28). The van der Waals surface area contributed by atoms with Gasteiger partial charge in [0.2, 0.25) is 5.91 Å². The number of amides is 1. The molecule has 29 heavy (non-hydrogen) atoms. The van der Waals surface area contributed by atoms with E-state index < -0.39 is 0 Å². The van der Waals surface area contributed by atoms with Crippen molar-refractivity contribution in [2.75, 3.05) is 11.1 Å². The number of carbonyl (C=O) groups is 1. The Morgan fingerprint density at radius 1 is 1.10 bits per heavy atom. The van der Waals surface area contributed by atoms with Gasteiger partial charge < -0.3 is 5.32 Å². The molecule has 0 fully saturated rings. The SMILES string of the molecule is CCc1cccc(C)c1NC(=O)CCSc1nc(-c2ccccc2)ccc1C#N. The molecule has 0 bridgehead atoms. The maximum absolute atomic E-state index is 12.5. The van der Waals surface area contributed by atoms with Crippen molar-refractivity contribution in [3.63, 3.8) is 0 Å². The van der Waals surface area contributed by atoms with Gasteiger partial charge in [0.25, 0.3) is 0 Å². The maximum Gasteiger partial charge on any atom is 0.225 e. The van der Waals surface area contributed by atoms with Crippen molar-refractivity contribution in [1.82, 2.24) is 4.98 Å². The highest BCUT2D eigenvalue weighted by Crippen LogP contribution is 2.26. The molecule has 0 aliphatic carbocycles. The number of hydrogen-bond acceptors (Lipinski definition) is 4. The molecule has 0 saturated heterocycles. The number of aromatic nitrogens is 1. The second kappa shape index (κ2) is 9.90. The average molecular weight is 402 g/mol. The summed E-state index contributed by atoms with van der Waals surface area (Å²) in [7, 11) is 0. The van der Waals surface area contributed by atoms with E-state index in [-0.39, 0.29) is 5.91 Å². The van der Waals surface area contributed by atoms with E-state index in [9.17, 15) is 10.1 Å². The molecular formula is C24H23N3OS. The van der Waals surface area contributed by atoms with E-state index in [0.717, 1.165) is 34.5 Å². The zero-order valence-corrected chi connectivity index (χ0v) is 17.4. The summed E-state index contributed by atoms with van der Waals surface area (Å²) < 4.78 is 0. The van der Waals surface area contributed by atoms with E-state index in [4.69, 9.17) is 0 Å². The minimum Gasteiger partial charge on any atom is -0.326 e. The molecule has 1 aromatic heterocycles. The number of aryl methyl sites for hydroxylation is 2. The first kappa shape index (κ1) is 20.6. The summed E-state index contributed by atoms with van der Waals surface area (Å²) in [5.74, 6) is 0.526. The highest BCUT2D eigenvalue weighted by atomic mass is 32.2. The molecule has 2 aromatic carbocycles. The van der Waals surface area contributed by atoms with Gasteiger partial charge in [-0.25, -0.2) is 4.98 Å². The second-order valence-corrected chi connectivity index (χ2v) is 7.72. The number of nitriles is 1. The molecular weight excluding hydrogens is 378 g/mol. The average Bonchev–Trinajstić information content (AvgIpc) is 2.75. The van der Waals surface area contributed by atoms with Crippen molar-refractivity contribution in [1.29, 1.82) is 5.26 Å². The molecule has 0 aliphatic heterocycles. The number of anilines is 1. The van der Waals surface area contributed by atoms with E-state index >= 15 is 0 Å². The summed E-state index contributed by atoms with van der Waals surface area (Å²) in [6, 6.07) is 21.7. The zero-order chi connectivity index (χ0) is 20.6. The van der Waals surface area contributed by atoms with E-state index in [2.05, 4.69) is 23.3 Å². The van der Waals surface area contributed by atoms with Crippen molar-refractivity contribution in [3.05, 3.63) is 77.4 Å². The molecule has 0 spiro atoms. The van der Waals surface area contributed by atoms with Gasteiger partial charge in [0.1, 0.15) is 11.1 Å². The molecule has 0 radical (unpaired) electrons. The maximum atomic E-state index is 12.5. The topological polar surface area (TPSA) is 65.8 Å². The lowest BCUT2D eigenvalue weighted by Gasteiger charge is -2.13. The van der Waals surface area contributed by atoms with Crippen LogP contribution in [0.25, 0.3) is 11.3 Å². The summed E-state index contributed by atoms with van der Waals surface area (Å²) in [6.45, 7) is 4.08. The first-order valence-electron chi connectivity index (χ1n) is 9.60. The summed E-state index contributed by atoms with van der Waals surface area (Å²) in [4.78, 5) is 17.1. The highest BCUT2D eigenvalue weighted by Gasteiger charge is 2.11. The molecule has 4 nitrogen and oxygen atoms in total. The zero-order valence-electron chi connectivity index (χ0n) is 16.6. The summed E-state index contributed by atoms with van der Waals surface area (Å²) >= 11 is 1.44. The Hall–Kier alpha value is -3.10. The van der Waals surface area contributed by atoms with Gasteiger partial charge in [-0.3, -0.25) is 4.79 Å². The Kier molecular flexibility index (Phi) is 7.04. The molecule has 3 aromatic rings. The van der Waals surface area contributed by atoms with E-state index in [1.807, 2.05) is 61.5 Å². The number of pyridine rings is 1. The van der Waals surface area contributed by atoms with Crippen LogP contribution in [0.5, 0.6) is 0 Å². The number of thioether (sulfide) groups is 1. The number of benzene rings is 2. The van der Waals surface area contributed by atoms with Crippen LogP contribution < -0.4 is 5.32 Å². The summed E-state index contributed by atoms with van der Waals surface area (Å²) in [5, 5.41) is 13.1. The third-order valence-electron chi connectivity index (χ3n) is 4.62. The van der Waals surface area contributed by atoms with Crippen molar-refractivity contribution in [3.8, 4) is 17.3 Å². The fourth-order valence-electron chi connectivity index (χ4n) is 3.05. The number of para-hydroxylation sites is 1. The summed E-state index contributed by atoms with van der Waals surface area (Å²) in [6.07, 6.45) is 1.22. The predicted octanol–water partition coefficient (Wildman–Crippen LogP) is 5.61. The van der Waals surface area contributed by atoms with Crippen molar-refractivity contribution < 1.29 is 4.79 Å². The second-order valence-electron chi connectivity index (χ2n) is 6.64. The molecule has 0 atom stereocenters. The first-order chi connectivity index (χ1) is 14.1. The van der Waals surface area contributed by atoms with Crippen LogP contribution in [0.4, 0.5) is 5.69 Å². The molecule has 3 rings (SSSR count). The Morgan fingerprint density at radius 3 is 2.62 bits per heavy atom.